The Labute approximate surface area is 107 Å². The molecule has 0 saturated heterocycles. The fourth-order valence-corrected chi connectivity index (χ4v) is 1.91. The third kappa shape index (κ3) is 3.32. The minimum atomic E-state index is 0.0505. The van der Waals surface area contributed by atoms with E-state index in [0.29, 0.717) is 12.2 Å². The van der Waals surface area contributed by atoms with E-state index >= 15 is 0 Å². The van der Waals surface area contributed by atoms with E-state index in [1.807, 2.05) is 35.0 Å². The summed E-state index contributed by atoms with van der Waals surface area (Å²) in [4.78, 5) is 16.0. The molecule has 2 aromatic heterocycles. The molecule has 0 unspecified atom stereocenters. The fraction of sp³-hybridized carbons (Fsp3) is 0.429. The lowest BCUT2D eigenvalue weighted by atomic mass is 10.1. The summed E-state index contributed by atoms with van der Waals surface area (Å²) < 4.78 is 1.90. The van der Waals surface area contributed by atoms with Gasteiger partial charge in [0.2, 0.25) is 5.91 Å². The van der Waals surface area contributed by atoms with Gasteiger partial charge < -0.3 is 9.72 Å². The van der Waals surface area contributed by atoms with Crippen LogP contribution in [0, 0.1) is 0 Å². The van der Waals surface area contributed by atoms with Crippen LogP contribution >= 0.6 is 0 Å². The van der Waals surface area contributed by atoms with Crippen LogP contribution in [0.5, 0.6) is 0 Å². The van der Waals surface area contributed by atoms with Crippen molar-refractivity contribution < 1.29 is 4.79 Å². The molecule has 2 aromatic rings. The molecule has 2 heterocycles. The number of unbranched alkanes of at least 4 members (excludes halogenated alkanes) is 3. The van der Waals surface area contributed by atoms with E-state index in [1.54, 1.807) is 0 Å². The van der Waals surface area contributed by atoms with Crippen LogP contribution in [0.25, 0.3) is 5.65 Å². The van der Waals surface area contributed by atoms with Gasteiger partial charge in [0.25, 0.3) is 0 Å². The molecule has 4 heteroatoms. The van der Waals surface area contributed by atoms with Crippen LogP contribution in [0.3, 0.4) is 0 Å². The largest absolute Gasteiger partial charge is 0.309 e. The number of pyridine rings is 1. The topological polar surface area (TPSA) is 46.4 Å². The number of rotatable bonds is 6. The number of carbonyl (C=O) groups is 1. The monoisotopic (exact) mass is 245 g/mol. The van der Waals surface area contributed by atoms with Gasteiger partial charge in [-0.1, -0.05) is 32.3 Å². The summed E-state index contributed by atoms with van der Waals surface area (Å²) in [6.45, 7) is 2.16. The number of nitrogens with one attached hydrogen (secondary N) is 1. The quantitative estimate of drug-likeness (QED) is 0.794. The van der Waals surface area contributed by atoms with E-state index in [-0.39, 0.29) is 5.91 Å². The predicted molar refractivity (Wildman–Crippen MR) is 72.6 cm³/mol. The molecule has 0 aliphatic heterocycles. The van der Waals surface area contributed by atoms with Gasteiger partial charge in [0.15, 0.2) is 5.82 Å². The first-order chi connectivity index (χ1) is 8.79. The number of anilines is 1. The van der Waals surface area contributed by atoms with Gasteiger partial charge in [-0.05, 0) is 18.6 Å². The van der Waals surface area contributed by atoms with E-state index in [9.17, 15) is 4.79 Å². The summed E-state index contributed by atoms with van der Waals surface area (Å²) in [7, 11) is 0. The van der Waals surface area contributed by atoms with Crippen molar-refractivity contribution in [3.05, 3.63) is 30.6 Å². The third-order valence-electron chi connectivity index (χ3n) is 2.89. The first kappa shape index (κ1) is 12.6. The van der Waals surface area contributed by atoms with Gasteiger partial charge in [0.1, 0.15) is 5.65 Å². The number of hydrogen-bond donors (Lipinski definition) is 1. The lowest BCUT2D eigenvalue weighted by Gasteiger charge is -2.01. The second-order valence-electron chi connectivity index (χ2n) is 4.45. The molecule has 0 aliphatic rings. The van der Waals surface area contributed by atoms with Gasteiger partial charge in [-0.3, -0.25) is 4.79 Å². The molecule has 1 N–H and O–H groups in total. The number of fused-ring (bicyclic) bond motifs is 1. The second kappa shape index (κ2) is 6.19. The van der Waals surface area contributed by atoms with Crippen molar-refractivity contribution in [3.63, 3.8) is 0 Å². The molecule has 0 atom stereocenters. The van der Waals surface area contributed by atoms with Crippen LogP contribution in [-0.4, -0.2) is 15.3 Å². The lowest BCUT2D eigenvalue weighted by molar-refractivity contribution is -0.116. The minimum absolute atomic E-state index is 0.0505. The van der Waals surface area contributed by atoms with Crippen molar-refractivity contribution in [1.82, 2.24) is 9.38 Å². The van der Waals surface area contributed by atoms with Crippen molar-refractivity contribution in [2.24, 2.45) is 0 Å². The Morgan fingerprint density at radius 2 is 2.22 bits per heavy atom. The molecule has 0 aliphatic carbocycles. The summed E-state index contributed by atoms with van der Waals surface area (Å²) in [6.07, 6.45) is 8.78. The van der Waals surface area contributed by atoms with Crippen molar-refractivity contribution in [3.8, 4) is 0 Å². The Morgan fingerprint density at radius 1 is 1.33 bits per heavy atom. The predicted octanol–water partition coefficient (Wildman–Crippen LogP) is 3.24. The molecule has 0 saturated carbocycles. The number of imidazole rings is 1. The van der Waals surface area contributed by atoms with E-state index in [0.717, 1.165) is 18.5 Å². The Balaban J connectivity index is 1.86. The maximum Gasteiger partial charge on any atom is 0.225 e. The molecule has 0 fully saturated rings. The summed E-state index contributed by atoms with van der Waals surface area (Å²) in [5, 5.41) is 2.84. The first-order valence-electron chi connectivity index (χ1n) is 6.53. The fourth-order valence-electron chi connectivity index (χ4n) is 1.91. The van der Waals surface area contributed by atoms with Crippen molar-refractivity contribution in [1.29, 1.82) is 0 Å². The number of nitrogens with zero attached hydrogens (tertiary/aromatic N) is 2. The molecule has 96 valence electrons. The average Bonchev–Trinajstić information content (AvgIpc) is 2.76. The maximum absolute atomic E-state index is 11.7. The molecule has 2 rings (SSSR count). The van der Waals surface area contributed by atoms with Crippen LogP contribution < -0.4 is 5.32 Å². The smallest absolute Gasteiger partial charge is 0.225 e. The Hall–Kier alpha value is -1.84. The first-order valence-corrected chi connectivity index (χ1v) is 6.53. The van der Waals surface area contributed by atoms with Crippen LogP contribution in [0.15, 0.2) is 30.6 Å². The van der Waals surface area contributed by atoms with Gasteiger partial charge in [0.05, 0.1) is 6.20 Å². The molecule has 0 aromatic carbocycles. The zero-order chi connectivity index (χ0) is 12.8. The standard InChI is InChI=1S/C14H19N3O/c1-2-3-4-5-9-14(18)16-12-11-17-10-7-6-8-13(17)15-12/h6-8,10-11H,2-5,9H2,1H3,(H,16,18). The van der Waals surface area contributed by atoms with Gasteiger partial charge in [-0.15, -0.1) is 0 Å². The molecule has 18 heavy (non-hydrogen) atoms. The SMILES string of the molecule is CCCCCCC(=O)Nc1cn2ccccc2n1. The molecule has 1 amide bonds. The summed E-state index contributed by atoms with van der Waals surface area (Å²) in [5.74, 6) is 0.677. The summed E-state index contributed by atoms with van der Waals surface area (Å²) in [5.41, 5.74) is 0.846. The number of amides is 1. The van der Waals surface area contributed by atoms with Gasteiger partial charge in [0, 0.05) is 12.6 Å². The van der Waals surface area contributed by atoms with E-state index in [1.165, 1.54) is 12.8 Å². The average molecular weight is 245 g/mol. The van der Waals surface area contributed by atoms with E-state index in [4.69, 9.17) is 0 Å². The number of hydrogen-bond acceptors (Lipinski definition) is 2. The summed E-state index contributed by atoms with van der Waals surface area (Å²) in [6, 6.07) is 5.78. The zero-order valence-corrected chi connectivity index (χ0v) is 10.7. The molecular weight excluding hydrogens is 226 g/mol. The van der Waals surface area contributed by atoms with Crippen LogP contribution in [-0.2, 0) is 4.79 Å². The minimum Gasteiger partial charge on any atom is -0.309 e. The number of aromatic nitrogens is 2. The Bertz CT molecular complexity index is 485. The van der Waals surface area contributed by atoms with Gasteiger partial charge in [-0.2, -0.15) is 0 Å². The Kier molecular flexibility index (Phi) is 4.34. The summed E-state index contributed by atoms with van der Waals surface area (Å²) >= 11 is 0. The van der Waals surface area contributed by atoms with Gasteiger partial charge >= 0.3 is 0 Å². The van der Waals surface area contributed by atoms with Crippen molar-refractivity contribution >= 4 is 17.4 Å². The normalized spacial score (nSPS) is 10.7. The molecule has 0 bridgehead atoms. The highest BCUT2D eigenvalue weighted by molar-refractivity contribution is 5.89. The Morgan fingerprint density at radius 3 is 3.00 bits per heavy atom. The van der Waals surface area contributed by atoms with Crippen LogP contribution in [0.2, 0.25) is 0 Å². The number of carbonyl (C=O) groups excluding carboxylic acids is 1. The van der Waals surface area contributed by atoms with Crippen LogP contribution in [0.1, 0.15) is 39.0 Å². The molecule has 0 radical (unpaired) electrons. The van der Waals surface area contributed by atoms with E-state index in [2.05, 4.69) is 17.2 Å². The highest BCUT2D eigenvalue weighted by atomic mass is 16.1. The molecule has 4 nitrogen and oxygen atoms in total. The lowest BCUT2D eigenvalue weighted by Crippen LogP contribution is -2.11. The molecule has 0 spiro atoms. The van der Waals surface area contributed by atoms with Crippen LogP contribution in [0.4, 0.5) is 5.82 Å². The van der Waals surface area contributed by atoms with Crippen molar-refractivity contribution in [2.45, 2.75) is 39.0 Å². The second-order valence-corrected chi connectivity index (χ2v) is 4.45. The van der Waals surface area contributed by atoms with Crippen molar-refractivity contribution in [2.75, 3.05) is 5.32 Å². The third-order valence-corrected chi connectivity index (χ3v) is 2.89. The van der Waals surface area contributed by atoms with E-state index < -0.39 is 0 Å². The highest BCUT2D eigenvalue weighted by Crippen LogP contribution is 2.10. The molecular formula is C14H19N3O. The zero-order valence-electron chi connectivity index (χ0n) is 10.7. The highest BCUT2D eigenvalue weighted by Gasteiger charge is 2.05. The maximum atomic E-state index is 11.7. The van der Waals surface area contributed by atoms with Gasteiger partial charge in [-0.25, -0.2) is 4.98 Å².